The number of rotatable bonds is 4. The van der Waals surface area contributed by atoms with Crippen molar-refractivity contribution < 1.29 is 4.74 Å². The Balaban J connectivity index is 1.65. The van der Waals surface area contributed by atoms with E-state index in [4.69, 9.17) is 27.1 Å². The molecule has 0 saturated heterocycles. The fourth-order valence-electron chi connectivity index (χ4n) is 3.13. The molecule has 26 heavy (non-hydrogen) atoms. The number of nitrogens with two attached hydrogens (primary N) is 1. The van der Waals surface area contributed by atoms with Crippen molar-refractivity contribution in [2.45, 2.75) is 49.8 Å². The van der Waals surface area contributed by atoms with E-state index in [0.29, 0.717) is 23.3 Å². The van der Waals surface area contributed by atoms with Crippen molar-refractivity contribution in [3.63, 3.8) is 0 Å². The predicted molar refractivity (Wildman–Crippen MR) is 110 cm³/mol. The topological polar surface area (TPSA) is 61.0 Å². The number of halogens is 1. The third-order valence-corrected chi connectivity index (χ3v) is 7.27. The van der Waals surface area contributed by atoms with Crippen molar-refractivity contribution in [1.82, 2.24) is 9.97 Å². The highest BCUT2D eigenvalue weighted by Crippen LogP contribution is 2.41. The van der Waals surface area contributed by atoms with Crippen molar-refractivity contribution >= 4 is 50.7 Å². The summed E-state index contributed by atoms with van der Waals surface area (Å²) in [6.07, 6.45) is 1.83. The molecule has 1 aliphatic rings. The molecule has 4 nitrogen and oxygen atoms in total. The van der Waals surface area contributed by atoms with Crippen LogP contribution in [0.2, 0.25) is 5.02 Å². The van der Waals surface area contributed by atoms with Crippen LogP contribution in [-0.4, -0.2) is 15.6 Å². The van der Waals surface area contributed by atoms with Crippen molar-refractivity contribution in [3.05, 3.63) is 45.3 Å². The third-order valence-electron chi connectivity index (χ3n) is 4.91. The molecule has 0 amide bonds. The minimum Gasteiger partial charge on any atom is -0.383 e. The maximum absolute atomic E-state index is 6.33. The molecule has 0 aliphatic carbocycles. The number of hydrogen-bond donors (Lipinski definition) is 1. The zero-order valence-electron chi connectivity index (χ0n) is 14.7. The number of hydrogen-bond acceptors (Lipinski definition) is 6. The van der Waals surface area contributed by atoms with E-state index in [1.807, 2.05) is 24.3 Å². The Morgan fingerprint density at radius 1 is 1.35 bits per heavy atom. The number of thiophene rings is 1. The van der Waals surface area contributed by atoms with E-state index in [9.17, 15) is 0 Å². The van der Waals surface area contributed by atoms with Gasteiger partial charge in [0.05, 0.1) is 17.6 Å². The van der Waals surface area contributed by atoms with Crippen LogP contribution in [0.4, 0.5) is 5.82 Å². The minimum atomic E-state index is -0.134. The number of anilines is 1. The van der Waals surface area contributed by atoms with Crippen molar-refractivity contribution in [3.8, 4) is 0 Å². The highest BCUT2D eigenvalue weighted by atomic mass is 35.5. The molecule has 0 unspecified atom stereocenters. The second-order valence-corrected chi connectivity index (χ2v) is 9.16. The van der Waals surface area contributed by atoms with E-state index >= 15 is 0 Å². The summed E-state index contributed by atoms with van der Waals surface area (Å²) in [4.78, 5) is 11.5. The van der Waals surface area contributed by atoms with Gasteiger partial charge >= 0.3 is 0 Å². The van der Waals surface area contributed by atoms with Crippen LogP contribution in [0.5, 0.6) is 0 Å². The lowest BCUT2D eigenvalue weighted by Gasteiger charge is -2.33. The van der Waals surface area contributed by atoms with Crippen molar-refractivity contribution in [1.29, 1.82) is 0 Å². The Morgan fingerprint density at radius 2 is 2.15 bits per heavy atom. The maximum atomic E-state index is 6.33. The molecular weight excluding hydrogens is 386 g/mol. The second-order valence-electron chi connectivity index (χ2n) is 6.72. The van der Waals surface area contributed by atoms with E-state index < -0.39 is 0 Å². The maximum Gasteiger partial charge on any atom is 0.191 e. The fraction of sp³-hybridized carbons (Fsp3) is 0.368. The van der Waals surface area contributed by atoms with Crippen LogP contribution in [0.25, 0.3) is 10.2 Å². The number of nitrogen functional groups attached to an aromatic ring is 1. The second kappa shape index (κ2) is 7.00. The molecule has 0 bridgehead atoms. The van der Waals surface area contributed by atoms with Gasteiger partial charge in [0, 0.05) is 22.1 Å². The highest BCUT2D eigenvalue weighted by Gasteiger charge is 2.32. The van der Waals surface area contributed by atoms with E-state index in [-0.39, 0.29) is 5.60 Å². The zero-order valence-corrected chi connectivity index (χ0v) is 17.1. The number of aromatic nitrogens is 2. The van der Waals surface area contributed by atoms with E-state index in [1.165, 1.54) is 10.4 Å². The summed E-state index contributed by atoms with van der Waals surface area (Å²) in [5.74, 6) is 1.28. The summed E-state index contributed by atoms with van der Waals surface area (Å²) < 4.78 is 6.06. The van der Waals surface area contributed by atoms with Gasteiger partial charge in [-0.25, -0.2) is 9.97 Å². The summed E-state index contributed by atoms with van der Waals surface area (Å²) in [6, 6.07) is 7.83. The first kappa shape index (κ1) is 18.0. The Labute approximate surface area is 166 Å². The van der Waals surface area contributed by atoms with Crippen LogP contribution in [0.1, 0.15) is 36.3 Å². The molecule has 136 valence electrons. The quantitative estimate of drug-likeness (QED) is 0.461. The van der Waals surface area contributed by atoms with E-state index in [2.05, 4.69) is 18.8 Å². The van der Waals surface area contributed by atoms with Crippen LogP contribution >= 0.6 is 34.7 Å². The molecule has 0 saturated carbocycles. The van der Waals surface area contributed by atoms with Gasteiger partial charge in [0.2, 0.25) is 0 Å². The molecule has 1 aromatic carbocycles. The van der Waals surface area contributed by atoms with Gasteiger partial charge in [-0.3, -0.25) is 0 Å². The van der Waals surface area contributed by atoms with Gasteiger partial charge in [0.25, 0.3) is 0 Å². The van der Waals surface area contributed by atoms with Crippen LogP contribution in [-0.2, 0) is 23.5 Å². The Hall–Kier alpha value is -1.34. The van der Waals surface area contributed by atoms with Gasteiger partial charge in [-0.05, 0) is 30.5 Å². The minimum absolute atomic E-state index is 0.134. The van der Waals surface area contributed by atoms with E-state index in [1.54, 1.807) is 23.1 Å². The third kappa shape index (κ3) is 3.31. The summed E-state index contributed by atoms with van der Waals surface area (Å²) in [6.45, 7) is 4.94. The molecule has 3 aromatic rings. The number of benzene rings is 1. The number of fused-ring (bicyclic) bond motifs is 3. The number of ether oxygens (including phenoxy) is 1. The predicted octanol–water partition coefficient (Wildman–Crippen LogP) is 5.46. The van der Waals surface area contributed by atoms with Crippen LogP contribution in [0, 0.1) is 0 Å². The van der Waals surface area contributed by atoms with E-state index in [0.717, 1.165) is 33.6 Å². The standard InChI is InChI=1S/C19H20ClN3OS2/c1-3-19(2)8-12-14(9-24-19)26-17-15(12)16(21)22-18(23-17)25-10-11-6-4-5-7-13(11)20/h4-7H,3,8-10H2,1-2H3,(H2,21,22,23)/t19-/m0/s1. The van der Waals surface area contributed by atoms with Crippen molar-refractivity contribution in [2.75, 3.05) is 5.73 Å². The van der Waals surface area contributed by atoms with Crippen LogP contribution in [0.15, 0.2) is 29.4 Å². The Kier molecular flexibility index (Phi) is 4.86. The van der Waals surface area contributed by atoms with Gasteiger partial charge in [0.1, 0.15) is 10.6 Å². The van der Waals surface area contributed by atoms with Gasteiger partial charge in [-0.15, -0.1) is 11.3 Å². The number of nitrogens with zero attached hydrogens (tertiary/aromatic N) is 2. The van der Waals surface area contributed by atoms with Crippen LogP contribution in [0.3, 0.4) is 0 Å². The molecular formula is C19H20ClN3OS2. The summed E-state index contributed by atoms with van der Waals surface area (Å²) in [5.41, 5.74) is 8.53. The molecule has 1 atom stereocenters. The molecule has 0 spiro atoms. The lowest BCUT2D eigenvalue weighted by atomic mass is 9.90. The van der Waals surface area contributed by atoms with Crippen LogP contribution < -0.4 is 5.73 Å². The van der Waals surface area contributed by atoms with Gasteiger partial charge in [0.15, 0.2) is 5.16 Å². The average molecular weight is 406 g/mol. The van der Waals surface area contributed by atoms with Gasteiger partial charge < -0.3 is 10.5 Å². The zero-order chi connectivity index (χ0) is 18.3. The molecule has 0 fully saturated rings. The first-order valence-corrected chi connectivity index (χ1v) is 10.7. The first-order chi connectivity index (χ1) is 12.5. The lowest BCUT2D eigenvalue weighted by molar-refractivity contribution is -0.0542. The summed E-state index contributed by atoms with van der Waals surface area (Å²) in [7, 11) is 0. The van der Waals surface area contributed by atoms with Gasteiger partial charge in [-0.1, -0.05) is 48.5 Å². The molecule has 0 radical (unpaired) electrons. The smallest absolute Gasteiger partial charge is 0.191 e. The highest BCUT2D eigenvalue weighted by molar-refractivity contribution is 7.98. The SMILES string of the molecule is CC[C@@]1(C)Cc2c(sc3nc(SCc4ccccc4Cl)nc(N)c23)CO1. The number of thioether (sulfide) groups is 1. The molecule has 7 heteroatoms. The van der Waals surface area contributed by atoms with Crippen molar-refractivity contribution in [2.24, 2.45) is 0 Å². The average Bonchev–Trinajstić information content (AvgIpc) is 2.99. The molecule has 3 heterocycles. The molecule has 1 aliphatic heterocycles. The summed E-state index contributed by atoms with van der Waals surface area (Å²) in [5, 5.41) is 2.46. The van der Waals surface area contributed by atoms with Gasteiger partial charge in [-0.2, -0.15) is 0 Å². The lowest BCUT2D eigenvalue weighted by Crippen LogP contribution is -2.33. The Bertz CT molecular complexity index is 975. The fourth-order valence-corrected chi connectivity index (χ4v) is 5.43. The first-order valence-electron chi connectivity index (χ1n) is 8.57. The largest absolute Gasteiger partial charge is 0.383 e. The molecule has 2 aromatic heterocycles. The monoisotopic (exact) mass is 405 g/mol. The Morgan fingerprint density at radius 3 is 2.92 bits per heavy atom. The molecule has 2 N–H and O–H groups in total. The molecule has 4 rings (SSSR count). The summed E-state index contributed by atoms with van der Waals surface area (Å²) >= 11 is 9.46. The normalized spacial score (nSPS) is 19.7.